The molecule has 0 radical (unpaired) electrons. The molecule has 0 bridgehead atoms. The van der Waals surface area contributed by atoms with Gasteiger partial charge < -0.3 is 0 Å². The average Bonchev–Trinajstić information content (AvgIpc) is 2.75. The number of rotatable bonds is 0. The third-order valence-corrected chi connectivity index (χ3v) is 3.33. The Morgan fingerprint density at radius 3 is 2.08 bits per heavy atom. The van der Waals surface area contributed by atoms with E-state index in [-0.39, 0.29) is 17.9 Å². The van der Waals surface area contributed by atoms with Gasteiger partial charge in [0, 0.05) is 18.6 Å². The second-order valence-electron chi connectivity index (χ2n) is 2.35. The third kappa shape index (κ3) is 3.41. The summed E-state index contributed by atoms with van der Waals surface area (Å²) >= 11 is 0. The number of hydrogen-bond donors (Lipinski definition) is 1. The van der Waals surface area contributed by atoms with E-state index in [0.29, 0.717) is 0 Å². The quantitative estimate of drug-likeness (QED) is 0.379. The first-order valence-electron chi connectivity index (χ1n) is 3.70. The van der Waals surface area contributed by atoms with Crippen molar-refractivity contribution in [2.45, 2.75) is 12.8 Å². The Morgan fingerprint density at radius 2 is 1.92 bits per heavy atom. The summed E-state index contributed by atoms with van der Waals surface area (Å²) in [7, 11) is 3.69. The molecule has 2 rings (SSSR count). The predicted molar refractivity (Wildman–Crippen MR) is 52.1 cm³/mol. The summed E-state index contributed by atoms with van der Waals surface area (Å²) in [4.78, 5) is 20.5. The highest BCUT2D eigenvalue weighted by Gasteiger charge is 2.26. The molecule has 13 heavy (non-hydrogen) atoms. The summed E-state index contributed by atoms with van der Waals surface area (Å²) in [5, 5.41) is 10.7. The first-order chi connectivity index (χ1) is 6.22. The van der Waals surface area contributed by atoms with Gasteiger partial charge in [0.1, 0.15) is 0 Å². The zero-order chi connectivity index (χ0) is 9.68. The lowest BCUT2D eigenvalue weighted by Crippen LogP contribution is -2.24. The van der Waals surface area contributed by atoms with E-state index in [1.54, 1.807) is 0 Å². The first-order valence-corrected chi connectivity index (χ1v) is 6.08. The van der Waals surface area contributed by atoms with Crippen molar-refractivity contribution in [2.75, 3.05) is 5.75 Å². The highest BCUT2D eigenvalue weighted by Crippen LogP contribution is 2.27. The van der Waals surface area contributed by atoms with E-state index in [1.807, 2.05) is 21.6 Å². The number of nitrogens with zero attached hydrogens (tertiary/aromatic N) is 1. The molecule has 2 heterocycles. The molecule has 4 nitrogen and oxygen atoms in total. The van der Waals surface area contributed by atoms with Gasteiger partial charge in [-0.15, -0.1) is 0 Å². The van der Waals surface area contributed by atoms with Gasteiger partial charge in [-0.1, -0.05) is 27.7 Å². The Kier molecular flexibility index (Phi) is 4.34. The monoisotopic (exact) mass is 219 g/mol. The molecule has 2 amide bonds. The van der Waals surface area contributed by atoms with E-state index < -0.39 is 11.8 Å². The fourth-order valence-corrected chi connectivity index (χ4v) is 2.33. The predicted octanol–water partition coefficient (Wildman–Crippen LogP) is 1.42. The zero-order valence-electron chi connectivity index (χ0n) is 6.80. The zero-order valence-corrected chi connectivity index (χ0v) is 8.44. The summed E-state index contributed by atoms with van der Waals surface area (Å²) in [6.45, 7) is 0. The molecule has 72 valence electrons. The van der Waals surface area contributed by atoms with Gasteiger partial charge in [-0.25, -0.2) is 0 Å². The van der Waals surface area contributed by atoms with Gasteiger partial charge in [-0.2, -0.15) is 5.06 Å². The maximum Gasteiger partial charge on any atom is 0.253 e. The van der Waals surface area contributed by atoms with Crippen LogP contribution in [0.4, 0.5) is 0 Å². The van der Waals surface area contributed by atoms with E-state index in [2.05, 4.69) is 11.5 Å². The molecule has 0 aromatic heterocycles. The van der Waals surface area contributed by atoms with Gasteiger partial charge in [-0.3, -0.25) is 14.8 Å². The second-order valence-corrected chi connectivity index (χ2v) is 4.67. The normalized spacial score (nSPS) is 20.5. The molecule has 0 aliphatic carbocycles. The Bertz CT molecular complexity index is 220. The molecule has 1 saturated heterocycles. The maximum absolute atomic E-state index is 10.2. The number of amides is 2. The molecule has 0 aromatic carbocycles. The Labute approximate surface area is 83.7 Å². The van der Waals surface area contributed by atoms with Crippen LogP contribution in [0.5, 0.6) is 0 Å². The molecular formula is C7H9NO3S2. The molecule has 0 unspecified atom stereocenters. The molecule has 0 atom stereocenters. The number of hydrogen-bond acceptors (Lipinski definition) is 5. The van der Waals surface area contributed by atoms with Gasteiger partial charge in [0.05, 0.1) is 0 Å². The van der Waals surface area contributed by atoms with E-state index in [9.17, 15) is 9.59 Å². The van der Waals surface area contributed by atoms with Crippen LogP contribution >= 0.6 is 21.6 Å². The smallest absolute Gasteiger partial charge is 0.253 e. The summed E-state index contributed by atoms with van der Waals surface area (Å²) in [6.07, 6.45) is 2.46. The maximum atomic E-state index is 10.2. The van der Waals surface area contributed by atoms with Crippen LogP contribution < -0.4 is 0 Å². The van der Waals surface area contributed by atoms with Crippen LogP contribution in [0.3, 0.4) is 0 Å². The van der Waals surface area contributed by atoms with Crippen molar-refractivity contribution >= 4 is 33.4 Å². The molecule has 0 spiro atoms. The number of carbonyl (C=O) groups excluding carboxylic acids is 2. The van der Waals surface area contributed by atoms with Crippen LogP contribution in [0.25, 0.3) is 0 Å². The Morgan fingerprint density at radius 1 is 1.31 bits per heavy atom. The van der Waals surface area contributed by atoms with Gasteiger partial charge >= 0.3 is 0 Å². The molecule has 1 N–H and O–H groups in total. The molecular weight excluding hydrogens is 210 g/mol. The van der Waals surface area contributed by atoms with Crippen molar-refractivity contribution < 1.29 is 14.8 Å². The fourth-order valence-electron chi connectivity index (χ4n) is 0.761. The molecule has 2 aliphatic heterocycles. The summed E-state index contributed by atoms with van der Waals surface area (Å²) in [6, 6.07) is 0. The van der Waals surface area contributed by atoms with E-state index in [1.165, 1.54) is 5.75 Å². The van der Waals surface area contributed by atoms with Crippen LogP contribution in [-0.2, 0) is 9.59 Å². The lowest BCUT2D eigenvalue weighted by molar-refractivity contribution is -0.171. The van der Waals surface area contributed by atoms with Gasteiger partial charge in [0.15, 0.2) is 0 Å². The van der Waals surface area contributed by atoms with Crippen molar-refractivity contribution in [2.24, 2.45) is 0 Å². The van der Waals surface area contributed by atoms with Crippen LogP contribution in [0.1, 0.15) is 12.8 Å². The van der Waals surface area contributed by atoms with Crippen molar-refractivity contribution in [3.8, 4) is 0 Å². The van der Waals surface area contributed by atoms with Gasteiger partial charge in [0.25, 0.3) is 11.8 Å². The summed E-state index contributed by atoms with van der Waals surface area (Å²) in [5.74, 6) is 0.190. The first kappa shape index (κ1) is 10.6. The minimum atomic E-state index is -0.505. The minimum absolute atomic E-state index is 0.148. The summed E-state index contributed by atoms with van der Waals surface area (Å²) in [5.41, 5.74) is 0. The largest absolute Gasteiger partial charge is 0.279 e. The lowest BCUT2D eigenvalue weighted by Gasteiger charge is -1.98. The van der Waals surface area contributed by atoms with Crippen LogP contribution in [-0.4, -0.2) is 27.8 Å². The van der Waals surface area contributed by atoms with Crippen molar-refractivity contribution in [1.29, 1.82) is 0 Å². The van der Waals surface area contributed by atoms with Crippen LogP contribution in [0.15, 0.2) is 11.5 Å². The number of carbonyl (C=O) groups is 2. The SMILES string of the molecule is C1=CSSC1.O=C1CCC(=O)N1O. The lowest BCUT2D eigenvalue weighted by atomic mass is 10.4. The van der Waals surface area contributed by atoms with E-state index in [4.69, 9.17) is 5.21 Å². The highest BCUT2D eigenvalue weighted by molar-refractivity contribution is 8.78. The van der Waals surface area contributed by atoms with Crippen molar-refractivity contribution in [3.63, 3.8) is 0 Å². The van der Waals surface area contributed by atoms with E-state index in [0.717, 1.165) is 0 Å². The molecule has 6 heteroatoms. The molecule has 1 fully saturated rings. The standard InChI is InChI=1S/C4H5NO3.C3H4S2/c6-3-1-2-4(7)5(3)8;1-2-4-5-3-1/h8H,1-2H2;1-2H,3H2. The van der Waals surface area contributed by atoms with Crippen LogP contribution in [0.2, 0.25) is 0 Å². The Hall–Kier alpha value is -0.460. The van der Waals surface area contributed by atoms with Crippen molar-refractivity contribution in [1.82, 2.24) is 5.06 Å². The fraction of sp³-hybridized carbons (Fsp3) is 0.429. The number of hydroxylamine groups is 2. The highest BCUT2D eigenvalue weighted by atomic mass is 33.1. The average molecular weight is 219 g/mol. The topological polar surface area (TPSA) is 57.6 Å². The number of imide groups is 1. The van der Waals surface area contributed by atoms with Gasteiger partial charge in [-0.05, 0) is 5.41 Å². The second kappa shape index (κ2) is 5.31. The van der Waals surface area contributed by atoms with E-state index >= 15 is 0 Å². The molecule has 0 aromatic rings. The molecule has 0 saturated carbocycles. The minimum Gasteiger partial charge on any atom is -0.279 e. The van der Waals surface area contributed by atoms with Crippen molar-refractivity contribution in [3.05, 3.63) is 11.5 Å². The van der Waals surface area contributed by atoms with Gasteiger partial charge in [0.2, 0.25) is 0 Å². The van der Waals surface area contributed by atoms with Crippen LogP contribution in [0, 0.1) is 0 Å². The molecule has 2 aliphatic rings. The summed E-state index contributed by atoms with van der Waals surface area (Å²) < 4.78 is 0. The Balaban J connectivity index is 0.000000145. The third-order valence-electron chi connectivity index (χ3n) is 1.41.